The van der Waals surface area contributed by atoms with Crippen molar-refractivity contribution >= 4 is 17.4 Å². The van der Waals surface area contributed by atoms with Crippen LogP contribution in [-0.2, 0) is 9.47 Å². The van der Waals surface area contributed by atoms with Crippen LogP contribution in [0.3, 0.4) is 0 Å². The molecule has 2 aliphatic rings. The third-order valence-electron chi connectivity index (χ3n) is 4.40. The normalized spacial score (nSPS) is 25.6. The Morgan fingerprint density at radius 3 is 2.55 bits per heavy atom. The quantitative estimate of drug-likeness (QED) is 0.783. The number of ketones is 1. The van der Waals surface area contributed by atoms with Crippen LogP contribution in [-0.4, -0.2) is 31.2 Å². The first-order valence-electron chi connectivity index (χ1n) is 7.20. The highest BCUT2D eigenvalue weighted by Crippen LogP contribution is 2.38. The van der Waals surface area contributed by atoms with Crippen LogP contribution in [0, 0.1) is 5.92 Å². The molecule has 2 fully saturated rings. The van der Waals surface area contributed by atoms with E-state index in [2.05, 4.69) is 0 Å². The van der Waals surface area contributed by atoms with Crippen molar-refractivity contribution in [3.8, 4) is 0 Å². The first kappa shape index (κ1) is 14.1. The van der Waals surface area contributed by atoms with Crippen molar-refractivity contribution in [2.45, 2.75) is 31.3 Å². The zero-order chi connectivity index (χ0) is 14.0. The van der Waals surface area contributed by atoms with Gasteiger partial charge in [0.1, 0.15) is 0 Å². The van der Waals surface area contributed by atoms with E-state index in [0.29, 0.717) is 11.6 Å². The zero-order valence-electron chi connectivity index (χ0n) is 11.4. The predicted molar refractivity (Wildman–Crippen MR) is 77.2 cm³/mol. The molecule has 0 N–H and O–H groups in total. The first-order valence-corrected chi connectivity index (χ1v) is 7.58. The van der Waals surface area contributed by atoms with Crippen molar-refractivity contribution < 1.29 is 14.3 Å². The topological polar surface area (TPSA) is 35.5 Å². The molecule has 0 aliphatic carbocycles. The van der Waals surface area contributed by atoms with Gasteiger partial charge in [0.15, 0.2) is 5.78 Å². The summed E-state index contributed by atoms with van der Waals surface area (Å²) >= 11 is 5.87. The lowest BCUT2D eigenvalue weighted by molar-refractivity contribution is -0.142. The Kier molecular flexibility index (Phi) is 4.11. The average molecular weight is 295 g/mol. The van der Waals surface area contributed by atoms with Crippen LogP contribution in [0.25, 0.3) is 0 Å². The minimum Gasteiger partial charge on any atom is -0.381 e. The van der Waals surface area contributed by atoms with Crippen LogP contribution < -0.4 is 0 Å². The summed E-state index contributed by atoms with van der Waals surface area (Å²) in [5.74, 6) is 0.277. The predicted octanol–water partition coefficient (Wildman–Crippen LogP) is 3.50. The smallest absolute Gasteiger partial charge is 0.166 e. The summed E-state index contributed by atoms with van der Waals surface area (Å²) in [5, 5.41) is 0.662. The molecule has 3 rings (SSSR count). The van der Waals surface area contributed by atoms with Gasteiger partial charge in [-0.25, -0.2) is 0 Å². The lowest BCUT2D eigenvalue weighted by Gasteiger charge is -2.42. The fourth-order valence-corrected chi connectivity index (χ4v) is 3.32. The molecule has 3 nitrogen and oxygen atoms in total. The van der Waals surface area contributed by atoms with Crippen molar-refractivity contribution in [2.24, 2.45) is 5.92 Å². The Morgan fingerprint density at radius 1 is 1.15 bits per heavy atom. The van der Waals surface area contributed by atoms with Crippen molar-refractivity contribution in [3.05, 3.63) is 34.9 Å². The van der Waals surface area contributed by atoms with Crippen molar-refractivity contribution in [3.63, 3.8) is 0 Å². The Bertz CT molecular complexity index is 471. The van der Waals surface area contributed by atoms with E-state index in [0.717, 1.165) is 44.5 Å². The lowest BCUT2D eigenvalue weighted by atomic mass is 9.78. The summed E-state index contributed by atoms with van der Waals surface area (Å²) in [6.45, 7) is 2.15. The van der Waals surface area contributed by atoms with Crippen LogP contribution in [0.4, 0.5) is 0 Å². The largest absolute Gasteiger partial charge is 0.381 e. The Hall–Kier alpha value is -0.900. The van der Waals surface area contributed by atoms with E-state index in [1.807, 2.05) is 12.1 Å². The third kappa shape index (κ3) is 2.90. The number of Topliss-reactive ketones (excluding diaryl/α,β-unsaturated/α-hetero) is 1. The summed E-state index contributed by atoms with van der Waals surface area (Å²) < 4.78 is 11.4. The third-order valence-corrected chi connectivity index (χ3v) is 4.65. The number of hydrogen-bond donors (Lipinski definition) is 0. The standard InChI is InChI=1S/C16H19ClO3/c17-14-3-1-12(2-4-14)15(18)13-5-8-20-16(11-13)6-9-19-10-7-16/h1-4,13H,5-11H2. The van der Waals surface area contributed by atoms with Crippen LogP contribution in [0.2, 0.25) is 5.02 Å². The van der Waals surface area contributed by atoms with Gasteiger partial charge in [-0.1, -0.05) is 11.6 Å². The number of halogens is 1. The Morgan fingerprint density at radius 2 is 1.85 bits per heavy atom. The van der Waals surface area contributed by atoms with E-state index in [1.54, 1.807) is 12.1 Å². The Labute approximate surface area is 124 Å². The molecule has 20 heavy (non-hydrogen) atoms. The van der Waals surface area contributed by atoms with Crippen LogP contribution in [0.5, 0.6) is 0 Å². The molecule has 2 heterocycles. The minimum atomic E-state index is -0.136. The van der Waals surface area contributed by atoms with Gasteiger partial charge in [-0.3, -0.25) is 4.79 Å². The van der Waals surface area contributed by atoms with Crippen LogP contribution in [0.15, 0.2) is 24.3 Å². The second-order valence-corrected chi connectivity index (χ2v) is 6.14. The van der Waals surface area contributed by atoms with Gasteiger partial charge in [0, 0.05) is 36.3 Å². The molecule has 0 radical (unpaired) electrons. The molecule has 0 aromatic heterocycles. The average Bonchev–Trinajstić information content (AvgIpc) is 2.48. The van der Waals surface area contributed by atoms with Gasteiger partial charge >= 0.3 is 0 Å². The minimum absolute atomic E-state index is 0.0584. The highest BCUT2D eigenvalue weighted by atomic mass is 35.5. The van der Waals surface area contributed by atoms with Gasteiger partial charge in [-0.05, 0) is 49.9 Å². The number of ether oxygens (including phenoxy) is 2. The summed E-state index contributed by atoms with van der Waals surface area (Å²) in [5.41, 5.74) is 0.618. The van der Waals surface area contributed by atoms with Gasteiger partial charge in [-0.2, -0.15) is 0 Å². The maximum atomic E-state index is 12.6. The molecule has 1 unspecified atom stereocenters. The molecule has 2 aliphatic heterocycles. The summed E-state index contributed by atoms with van der Waals surface area (Å²) in [6, 6.07) is 7.18. The molecule has 2 saturated heterocycles. The van der Waals surface area contributed by atoms with E-state index in [4.69, 9.17) is 21.1 Å². The molecule has 0 bridgehead atoms. The van der Waals surface area contributed by atoms with Crippen molar-refractivity contribution in [2.75, 3.05) is 19.8 Å². The van der Waals surface area contributed by atoms with Gasteiger partial charge in [0.05, 0.1) is 5.60 Å². The van der Waals surface area contributed by atoms with E-state index in [-0.39, 0.29) is 17.3 Å². The molecule has 1 atom stereocenters. The SMILES string of the molecule is O=C(c1ccc(Cl)cc1)C1CCOC2(CCOCC2)C1. The summed E-state index contributed by atoms with van der Waals surface area (Å²) in [4.78, 5) is 12.6. The molecule has 4 heteroatoms. The van der Waals surface area contributed by atoms with Gasteiger partial charge < -0.3 is 9.47 Å². The molecule has 0 amide bonds. The van der Waals surface area contributed by atoms with Gasteiger partial charge in [0.25, 0.3) is 0 Å². The number of rotatable bonds is 2. The second kappa shape index (κ2) is 5.84. The zero-order valence-corrected chi connectivity index (χ0v) is 12.2. The van der Waals surface area contributed by atoms with E-state index in [1.165, 1.54) is 0 Å². The molecule has 1 aromatic carbocycles. The maximum Gasteiger partial charge on any atom is 0.166 e. The lowest BCUT2D eigenvalue weighted by Crippen LogP contribution is -2.45. The first-order chi connectivity index (χ1) is 9.69. The monoisotopic (exact) mass is 294 g/mol. The molecular formula is C16H19ClO3. The fraction of sp³-hybridized carbons (Fsp3) is 0.562. The van der Waals surface area contributed by atoms with E-state index >= 15 is 0 Å². The highest BCUT2D eigenvalue weighted by molar-refractivity contribution is 6.30. The van der Waals surface area contributed by atoms with E-state index < -0.39 is 0 Å². The number of carbonyl (C=O) groups excluding carboxylic acids is 1. The van der Waals surface area contributed by atoms with Gasteiger partial charge in [-0.15, -0.1) is 0 Å². The molecule has 1 spiro atoms. The van der Waals surface area contributed by atoms with Crippen molar-refractivity contribution in [1.29, 1.82) is 0 Å². The second-order valence-electron chi connectivity index (χ2n) is 5.70. The van der Waals surface area contributed by atoms with Gasteiger partial charge in [0.2, 0.25) is 0 Å². The molecular weight excluding hydrogens is 276 g/mol. The summed E-state index contributed by atoms with van der Waals surface area (Å²) in [7, 11) is 0. The van der Waals surface area contributed by atoms with E-state index in [9.17, 15) is 4.79 Å². The Balaban J connectivity index is 1.73. The van der Waals surface area contributed by atoms with Crippen LogP contribution in [0.1, 0.15) is 36.0 Å². The maximum absolute atomic E-state index is 12.6. The number of hydrogen-bond acceptors (Lipinski definition) is 3. The fourth-order valence-electron chi connectivity index (χ4n) is 3.19. The van der Waals surface area contributed by atoms with Crippen molar-refractivity contribution in [1.82, 2.24) is 0 Å². The molecule has 1 aromatic rings. The molecule has 0 saturated carbocycles. The highest BCUT2D eigenvalue weighted by Gasteiger charge is 2.41. The number of carbonyl (C=O) groups is 1. The molecule has 108 valence electrons. The summed E-state index contributed by atoms with van der Waals surface area (Å²) in [6.07, 6.45) is 3.43. The number of benzene rings is 1. The van der Waals surface area contributed by atoms with Crippen LogP contribution >= 0.6 is 11.6 Å².